The third-order valence-corrected chi connectivity index (χ3v) is 5.15. The molecule has 28 heavy (non-hydrogen) atoms. The Morgan fingerprint density at radius 1 is 0.786 bits per heavy atom. The highest BCUT2D eigenvalue weighted by atomic mass is 19.4. The lowest BCUT2D eigenvalue weighted by atomic mass is 10.0. The predicted molar refractivity (Wildman–Crippen MR) is 104 cm³/mol. The van der Waals surface area contributed by atoms with Crippen LogP contribution in [0.1, 0.15) is 15.9 Å². The van der Waals surface area contributed by atoms with E-state index in [2.05, 4.69) is 0 Å². The highest BCUT2D eigenvalue weighted by Crippen LogP contribution is 2.31. The molecule has 4 rings (SSSR count). The van der Waals surface area contributed by atoms with E-state index in [0.29, 0.717) is 31.7 Å². The van der Waals surface area contributed by atoms with E-state index in [1.807, 2.05) is 52.3 Å². The Labute approximate surface area is 161 Å². The summed E-state index contributed by atoms with van der Waals surface area (Å²) < 4.78 is 38.1. The first-order valence-electron chi connectivity index (χ1n) is 9.13. The topological polar surface area (TPSA) is 23.6 Å². The molecule has 0 aromatic heterocycles. The molecule has 0 aliphatic carbocycles. The summed E-state index contributed by atoms with van der Waals surface area (Å²) in [5.41, 5.74) is 0.771. The Balaban J connectivity index is 1.46. The predicted octanol–water partition coefficient (Wildman–Crippen LogP) is 4.82. The molecule has 1 aliphatic rings. The van der Waals surface area contributed by atoms with Gasteiger partial charge in [0.25, 0.3) is 5.91 Å². The summed E-state index contributed by atoms with van der Waals surface area (Å²) in [4.78, 5) is 16.8. The molecule has 1 saturated heterocycles. The van der Waals surface area contributed by atoms with Gasteiger partial charge in [0, 0.05) is 37.4 Å². The maximum Gasteiger partial charge on any atom is 0.416 e. The Bertz CT molecular complexity index is 985. The van der Waals surface area contributed by atoms with Crippen molar-refractivity contribution in [3.05, 3.63) is 77.9 Å². The van der Waals surface area contributed by atoms with Gasteiger partial charge in [-0.3, -0.25) is 4.79 Å². The lowest BCUT2D eigenvalue weighted by Gasteiger charge is -2.36. The normalized spacial score (nSPS) is 15.1. The Kier molecular flexibility index (Phi) is 4.71. The van der Waals surface area contributed by atoms with Crippen LogP contribution in [0.4, 0.5) is 18.9 Å². The summed E-state index contributed by atoms with van der Waals surface area (Å²) in [6.45, 7) is 2.23. The van der Waals surface area contributed by atoms with Gasteiger partial charge in [0.2, 0.25) is 0 Å². The van der Waals surface area contributed by atoms with Crippen molar-refractivity contribution >= 4 is 22.4 Å². The highest BCUT2D eigenvalue weighted by Gasteiger charge is 2.30. The molecule has 6 heteroatoms. The maximum atomic E-state index is 13.0. The molecule has 0 N–H and O–H groups in total. The van der Waals surface area contributed by atoms with Gasteiger partial charge < -0.3 is 9.80 Å². The summed E-state index contributed by atoms with van der Waals surface area (Å²) in [6.07, 6.45) is -4.33. The fraction of sp³-hybridized carbons (Fsp3) is 0.227. The van der Waals surface area contributed by atoms with Gasteiger partial charge >= 0.3 is 6.18 Å². The zero-order chi connectivity index (χ0) is 19.7. The van der Waals surface area contributed by atoms with Gasteiger partial charge in [0.05, 0.1) is 5.56 Å². The van der Waals surface area contributed by atoms with Crippen molar-refractivity contribution in [1.29, 1.82) is 0 Å². The molecule has 0 unspecified atom stereocenters. The van der Waals surface area contributed by atoms with Crippen LogP contribution in [0.15, 0.2) is 66.7 Å². The van der Waals surface area contributed by atoms with Gasteiger partial charge in [-0.05, 0) is 41.1 Å². The molecule has 0 spiro atoms. The number of nitrogens with zero attached hydrogens (tertiary/aromatic N) is 2. The molecule has 1 aliphatic heterocycles. The summed E-state index contributed by atoms with van der Waals surface area (Å²) in [6, 6.07) is 18.7. The quantitative estimate of drug-likeness (QED) is 0.632. The van der Waals surface area contributed by atoms with Crippen LogP contribution < -0.4 is 4.90 Å². The molecule has 3 nitrogen and oxygen atoms in total. The number of carbonyl (C=O) groups is 1. The van der Waals surface area contributed by atoms with Crippen LogP contribution in [0.3, 0.4) is 0 Å². The van der Waals surface area contributed by atoms with Crippen molar-refractivity contribution in [2.24, 2.45) is 0 Å². The third kappa shape index (κ3) is 3.54. The number of carbonyl (C=O) groups excluding carboxylic acids is 1. The molecular weight excluding hydrogens is 365 g/mol. The fourth-order valence-corrected chi connectivity index (χ4v) is 3.61. The zero-order valence-electron chi connectivity index (χ0n) is 15.1. The Hall–Kier alpha value is -3.02. The molecule has 0 bridgehead atoms. The smallest absolute Gasteiger partial charge is 0.368 e. The van der Waals surface area contributed by atoms with E-state index in [1.54, 1.807) is 0 Å². The maximum absolute atomic E-state index is 13.0. The molecule has 0 atom stereocenters. The lowest BCUT2D eigenvalue weighted by molar-refractivity contribution is -0.137. The molecule has 0 saturated carbocycles. The minimum atomic E-state index is -4.33. The van der Waals surface area contributed by atoms with Gasteiger partial charge in [0.15, 0.2) is 0 Å². The standard InChI is InChI=1S/C22H19F3N2O/c23-22(24,25)17-8-10-18(11-9-17)26-12-14-27(15-13-26)21(28)20-7-3-5-16-4-1-2-6-19(16)20/h1-11H,12-15H2. The van der Waals surface area contributed by atoms with E-state index in [4.69, 9.17) is 0 Å². The summed E-state index contributed by atoms with van der Waals surface area (Å²) in [5.74, 6) is -0.0103. The monoisotopic (exact) mass is 384 g/mol. The number of alkyl halides is 3. The van der Waals surface area contributed by atoms with Crippen LogP contribution in [0.25, 0.3) is 10.8 Å². The van der Waals surface area contributed by atoms with E-state index < -0.39 is 11.7 Å². The molecule has 0 radical (unpaired) electrons. The average molecular weight is 384 g/mol. The van der Waals surface area contributed by atoms with Gasteiger partial charge in [0.1, 0.15) is 0 Å². The highest BCUT2D eigenvalue weighted by molar-refractivity contribution is 6.07. The number of benzene rings is 3. The van der Waals surface area contributed by atoms with Gasteiger partial charge in [-0.15, -0.1) is 0 Å². The van der Waals surface area contributed by atoms with E-state index in [9.17, 15) is 18.0 Å². The van der Waals surface area contributed by atoms with E-state index in [0.717, 1.165) is 28.6 Å². The van der Waals surface area contributed by atoms with E-state index in [1.165, 1.54) is 12.1 Å². The average Bonchev–Trinajstić information content (AvgIpc) is 2.72. The second-order valence-corrected chi connectivity index (χ2v) is 6.85. The van der Waals surface area contributed by atoms with Crippen LogP contribution in [0.2, 0.25) is 0 Å². The first-order chi connectivity index (χ1) is 13.4. The van der Waals surface area contributed by atoms with Gasteiger partial charge in [-0.2, -0.15) is 13.2 Å². The molecule has 1 amide bonds. The SMILES string of the molecule is O=C(c1cccc2ccccc12)N1CCN(c2ccc(C(F)(F)F)cc2)CC1. The lowest BCUT2D eigenvalue weighted by Crippen LogP contribution is -2.48. The van der Waals surface area contributed by atoms with Crippen LogP contribution in [0, 0.1) is 0 Å². The number of rotatable bonds is 2. The number of halogens is 3. The minimum Gasteiger partial charge on any atom is -0.368 e. The zero-order valence-corrected chi connectivity index (χ0v) is 15.1. The Morgan fingerprint density at radius 2 is 1.43 bits per heavy atom. The largest absolute Gasteiger partial charge is 0.416 e. The van der Waals surface area contributed by atoms with Crippen LogP contribution in [-0.4, -0.2) is 37.0 Å². The molecular formula is C22H19F3N2O. The van der Waals surface area contributed by atoms with Crippen molar-refractivity contribution in [2.75, 3.05) is 31.1 Å². The first-order valence-corrected chi connectivity index (χ1v) is 9.13. The summed E-state index contributed by atoms with van der Waals surface area (Å²) >= 11 is 0. The number of piperazine rings is 1. The second-order valence-electron chi connectivity index (χ2n) is 6.85. The molecule has 144 valence electrons. The second kappa shape index (κ2) is 7.19. The van der Waals surface area contributed by atoms with Crippen molar-refractivity contribution in [1.82, 2.24) is 4.90 Å². The number of fused-ring (bicyclic) bond motifs is 1. The third-order valence-electron chi connectivity index (χ3n) is 5.15. The van der Waals surface area contributed by atoms with Crippen LogP contribution in [0.5, 0.6) is 0 Å². The molecule has 1 heterocycles. The van der Waals surface area contributed by atoms with Crippen molar-refractivity contribution in [2.45, 2.75) is 6.18 Å². The number of hydrogen-bond donors (Lipinski definition) is 0. The molecule has 3 aromatic rings. The number of hydrogen-bond acceptors (Lipinski definition) is 2. The minimum absolute atomic E-state index is 0.0103. The fourth-order valence-electron chi connectivity index (χ4n) is 3.61. The van der Waals surface area contributed by atoms with Crippen molar-refractivity contribution < 1.29 is 18.0 Å². The van der Waals surface area contributed by atoms with Gasteiger partial charge in [-0.25, -0.2) is 0 Å². The van der Waals surface area contributed by atoms with Crippen molar-refractivity contribution in [3.8, 4) is 0 Å². The molecule has 3 aromatic carbocycles. The van der Waals surface area contributed by atoms with Crippen molar-refractivity contribution in [3.63, 3.8) is 0 Å². The summed E-state index contributed by atoms with van der Waals surface area (Å²) in [7, 11) is 0. The Morgan fingerprint density at radius 3 is 2.11 bits per heavy atom. The molecule has 1 fully saturated rings. The van der Waals surface area contributed by atoms with E-state index >= 15 is 0 Å². The van der Waals surface area contributed by atoms with Crippen LogP contribution >= 0.6 is 0 Å². The summed E-state index contributed by atoms with van der Waals surface area (Å²) in [5, 5.41) is 1.96. The van der Waals surface area contributed by atoms with E-state index in [-0.39, 0.29) is 5.91 Å². The number of anilines is 1. The van der Waals surface area contributed by atoms with Crippen LogP contribution in [-0.2, 0) is 6.18 Å². The first kappa shape index (κ1) is 18.3. The number of amides is 1. The van der Waals surface area contributed by atoms with Gasteiger partial charge in [-0.1, -0.05) is 36.4 Å².